The van der Waals surface area contributed by atoms with Gasteiger partial charge in [0, 0.05) is 11.4 Å². The molecule has 0 aliphatic carbocycles. The summed E-state index contributed by atoms with van der Waals surface area (Å²) in [5, 5.41) is 2.84. The number of carbonyl (C=O) groups is 2. The van der Waals surface area contributed by atoms with Crippen LogP contribution in [0.5, 0.6) is 0 Å². The van der Waals surface area contributed by atoms with Crippen LogP contribution in [0, 0.1) is 5.92 Å². The number of thioether (sulfide) groups is 1. The number of rotatable bonds is 7. The van der Waals surface area contributed by atoms with E-state index in [-0.39, 0.29) is 23.5 Å². The molecule has 0 spiro atoms. The molecule has 19 heavy (non-hydrogen) atoms. The lowest BCUT2D eigenvalue weighted by Crippen LogP contribution is -2.28. The van der Waals surface area contributed by atoms with E-state index in [0.717, 1.165) is 4.90 Å². The Morgan fingerprint density at radius 3 is 2.63 bits per heavy atom. The lowest BCUT2D eigenvalue weighted by Gasteiger charge is -2.14. The average Bonchev–Trinajstić information content (AvgIpc) is 2.39. The quantitative estimate of drug-likeness (QED) is 0.654. The van der Waals surface area contributed by atoms with Crippen LogP contribution in [-0.2, 0) is 9.59 Å². The minimum absolute atomic E-state index is 0.0999. The molecule has 0 aromatic heterocycles. The van der Waals surface area contributed by atoms with E-state index in [1.807, 2.05) is 25.1 Å². The average molecular weight is 281 g/mol. The van der Waals surface area contributed by atoms with Gasteiger partial charge in [-0.3, -0.25) is 9.59 Å². The lowest BCUT2D eigenvalue weighted by molar-refractivity contribution is -0.119. The van der Waals surface area contributed by atoms with E-state index in [4.69, 9.17) is 11.5 Å². The minimum atomic E-state index is -0.389. The summed E-state index contributed by atoms with van der Waals surface area (Å²) in [5.74, 6) is -0.508. The zero-order valence-corrected chi connectivity index (χ0v) is 11.7. The molecule has 0 heterocycles. The highest BCUT2D eigenvalue weighted by atomic mass is 32.2. The van der Waals surface area contributed by atoms with E-state index >= 15 is 0 Å². The van der Waals surface area contributed by atoms with Crippen molar-refractivity contribution in [2.75, 3.05) is 17.6 Å². The van der Waals surface area contributed by atoms with Gasteiger partial charge in [0.15, 0.2) is 0 Å². The Morgan fingerprint density at radius 2 is 2.05 bits per heavy atom. The Labute approximate surface area is 117 Å². The number of amides is 2. The fraction of sp³-hybridized carbons (Fsp3) is 0.385. The first-order valence-electron chi connectivity index (χ1n) is 6.09. The highest BCUT2D eigenvalue weighted by Gasteiger charge is 2.16. The van der Waals surface area contributed by atoms with Gasteiger partial charge in [0.1, 0.15) is 0 Å². The van der Waals surface area contributed by atoms with Crippen molar-refractivity contribution < 1.29 is 9.59 Å². The van der Waals surface area contributed by atoms with E-state index in [9.17, 15) is 9.59 Å². The predicted octanol–water partition coefficient (Wildman–Crippen LogP) is 1.19. The number of benzene rings is 1. The SMILES string of the molecule is CCC(CN)C(=O)Nc1ccccc1SCC(N)=O. The van der Waals surface area contributed by atoms with Crippen molar-refractivity contribution in [3.05, 3.63) is 24.3 Å². The van der Waals surface area contributed by atoms with Gasteiger partial charge in [-0.05, 0) is 18.6 Å². The highest BCUT2D eigenvalue weighted by Crippen LogP contribution is 2.27. The number of nitrogens with one attached hydrogen (secondary N) is 1. The number of hydrogen-bond acceptors (Lipinski definition) is 4. The maximum Gasteiger partial charge on any atom is 0.228 e. The minimum Gasteiger partial charge on any atom is -0.369 e. The number of primary amides is 1. The maximum absolute atomic E-state index is 12.0. The van der Waals surface area contributed by atoms with Crippen molar-refractivity contribution >= 4 is 29.3 Å². The number of anilines is 1. The molecule has 2 amide bonds. The molecule has 5 N–H and O–H groups in total. The molecular formula is C13H19N3O2S. The Bertz CT molecular complexity index is 447. The first kappa shape index (κ1) is 15.5. The molecule has 6 heteroatoms. The number of carbonyl (C=O) groups excluding carboxylic acids is 2. The fourth-order valence-corrected chi connectivity index (χ4v) is 2.29. The molecule has 1 aromatic rings. The molecule has 1 rings (SSSR count). The van der Waals surface area contributed by atoms with Crippen LogP contribution >= 0.6 is 11.8 Å². The Hall–Kier alpha value is -1.53. The zero-order chi connectivity index (χ0) is 14.3. The monoisotopic (exact) mass is 281 g/mol. The molecule has 0 bridgehead atoms. The largest absolute Gasteiger partial charge is 0.369 e. The molecular weight excluding hydrogens is 262 g/mol. The van der Waals surface area contributed by atoms with Gasteiger partial charge in [-0.25, -0.2) is 0 Å². The van der Waals surface area contributed by atoms with Gasteiger partial charge < -0.3 is 16.8 Å². The standard InChI is InChI=1S/C13H19N3O2S/c1-2-9(7-14)13(18)16-10-5-3-4-6-11(10)19-8-12(15)17/h3-6,9H,2,7-8,14H2,1H3,(H2,15,17)(H,16,18). The van der Waals surface area contributed by atoms with Gasteiger partial charge >= 0.3 is 0 Å². The molecule has 1 atom stereocenters. The summed E-state index contributed by atoms with van der Waals surface area (Å²) in [6, 6.07) is 7.31. The fourth-order valence-electron chi connectivity index (χ4n) is 1.54. The predicted molar refractivity (Wildman–Crippen MR) is 77.8 cm³/mol. The third-order valence-corrected chi connectivity index (χ3v) is 3.76. The smallest absolute Gasteiger partial charge is 0.228 e. The maximum atomic E-state index is 12.0. The van der Waals surface area contributed by atoms with Crippen LogP contribution < -0.4 is 16.8 Å². The summed E-state index contributed by atoms with van der Waals surface area (Å²) in [6.45, 7) is 2.24. The van der Waals surface area contributed by atoms with Crippen LogP contribution in [-0.4, -0.2) is 24.1 Å². The van der Waals surface area contributed by atoms with Gasteiger partial charge in [0.05, 0.1) is 17.4 Å². The first-order valence-corrected chi connectivity index (χ1v) is 7.08. The Morgan fingerprint density at radius 1 is 1.37 bits per heavy atom. The normalized spacial score (nSPS) is 11.9. The zero-order valence-electron chi connectivity index (χ0n) is 10.9. The van der Waals surface area contributed by atoms with Crippen molar-refractivity contribution in [1.82, 2.24) is 0 Å². The second-order valence-corrected chi connectivity index (χ2v) is 5.10. The molecule has 5 nitrogen and oxygen atoms in total. The molecule has 1 unspecified atom stereocenters. The number of hydrogen-bond donors (Lipinski definition) is 3. The summed E-state index contributed by atoms with van der Waals surface area (Å²) in [5.41, 5.74) is 11.4. The molecule has 104 valence electrons. The highest BCUT2D eigenvalue weighted by molar-refractivity contribution is 8.00. The molecule has 0 saturated carbocycles. The number of nitrogens with two attached hydrogens (primary N) is 2. The third kappa shape index (κ3) is 4.92. The van der Waals surface area contributed by atoms with Crippen LogP contribution in [0.25, 0.3) is 0 Å². The van der Waals surface area contributed by atoms with Crippen LogP contribution in [0.2, 0.25) is 0 Å². The van der Waals surface area contributed by atoms with Crippen LogP contribution in [0.3, 0.4) is 0 Å². The Kier molecular flexibility index (Phi) is 6.38. The first-order chi connectivity index (χ1) is 9.08. The molecule has 0 saturated heterocycles. The van der Waals surface area contributed by atoms with E-state index < -0.39 is 0 Å². The van der Waals surface area contributed by atoms with Gasteiger partial charge in [-0.2, -0.15) is 0 Å². The van der Waals surface area contributed by atoms with E-state index in [2.05, 4.69) is 5.32 Å². The second kappa shape index (κ2) is 7.81. The molecule has 1 aromatic carbocycles. The van der Waals surface area contributed by atoms with Crippen LogP contribution in [0.4, 0.5) is 5.69 Å². The van der Waals surface area contributed by atoms with Crippen molar-refractivity contribution in [1.29, 1.82) is 0 Å². The van der Waals surface area contributed by atoms with Crippen molar-refractivity contribution in [2.45, 2.75) is 18.2 Å². The van der Waals surface area contributed by atoms with E-state index in [1.165, 1.54) is 11.8 Å². The second-order valence-electron chi connectivity index (χ2n) is 4.08. The molecule has 0 radical (unpaired) electrons. The topological polar surface area (TPSA) is 98.2 Å². The summed E-state index contributed by atoms with van der Waals surface area (Å²) < 4.78 is 0. The molecule has 0 aliphatic rings. The van der Waals surface area contributed by atoms with Gasteiger partial charge in [0.25, 0.3) is 0 Å². The molecule has 0 aliphatic heterocycles. The van der Waals surface area contributed by atoms with Crippen molar-refractivity contribution in [2.24, 2.45) is 17.4 Å². The summed E-state index contributed by atoms with van der Waals surface area (Å²) in [4.78, 5) is 23.6. The van der Waals surface area contributed by atoms with E-state index in [0.29, 0.717) is 18.7 Å². The third-order valence-electron chi connectivity index (χ3n) is 2.66. The van der Waals surface area contributed by atoms with Gasteiger partial charge in [-0.15, -0.1) is 11.8 Å². The summed E-state index contributed by atoms with van der Waals surface area (Å²) in [6.07, 6.45) is 0.693. The van der Waals surface area contributed by atoms with Crippen molar-refractivity contribution in [3.8, 4) is 0 Å². The number of para-hydroxylation sites is 1. The summed E-state index contributed by atoms with van der Waals surface area (Å²) in [7, 11) is 0. The Balaban J connectivity index is 2.77. The van der Waals surface area contributed by atoms with E-state index in [1.54, 1.807) is 6.07 Å². The van der Waals surface area contributed by atoms with Crippen LogP contribution in [0.15, 0.2) is 29.2 Å². The van der Waals surface area contributed by atoms with Crippen LogP contribution in [0.1, 0.15) is 13.3 Å². The van der Waals surface area contributed by atoms with Crippen molar-refractivity contribution in [3.63, 3.8) is 0 Å². The summed E-state index contributed by atoms with van der Waals surface area (Å²) >= 11 is 1.30. The lowest BCUT2D eigenvalue weighted by atomic mass is 10.1. The van der Waals surface area contributed by atoms with Gasteiger partial charge in [-0.1, -0.05) is 19.1 Å². The molecule has 0 fully saturated rings. The van der Waals surface area contributed by atoms with Gasteiger partial charge in [0.2, 0.25) is 11.8 Å².